The summed E-state index contributed by atoms with van der Waals surface area (Å²) in [4.78, 5) is 26.0. The highest BCUT2D eigenvalue weighted by molar-refractivity contribution is 7.16. The van der Waals surface area contributed by atoms with Gasteiger partial charge in [-0.15, -0.1) is 11.3 Å². The maximum Gasteiger partial charge on any atom is 0.407 e. The number of nitrogens with zero attached hydrogens (tertiary/aromatic N) is 2. The van der Waals surface area contributed by atoms with Crippen molar-refractivity contribution in [3.63, 3.8) is 0 Å². The van der Waals surface area contributed by atoms with Crippen molar-refractivity contribution in [2.75, 3.05) is 19.0 Å². The van der Waals surface area contributed by atoms with Crippen molar-refractivity contribution in [1.82, 2.24) is 10.5 Å². The van der Waals surface area contributed by atoms with Crippen molar-refractivity contribution in [3.05, 3.63) is 63.4 Å². The number of aryl methyl sites for hydroxylation is 1. The number of nitriles is 1. The Morgan fingerprint density at radius 2 is 2.19 bits per heavy atom. The van der Waals surface area contributed by atoms with Crippen molar-refractivity contribution in [1.29, 1.82) is 5.26 Å². The van der Waals surface area contributed by atoms with Gasteiger partial charge in [-0.05, 0) is 61.3 Å². The third-order valence-corrected chi connectivity index (χ3v) is 7.59. The third-order valence-electron chi connectivity index (χ3n) is 6.42. The van der Waals surface area contributed by atoms with Crippen LogP contribution in [-0.4, -0.2) is 30.9 Å². The largest absolute Gasteiger partial charge is 0.497 e. The van der Waals surface area contributed by atoms with E-state index in [1.54, 1.807) is 13.2 Å². The molecule has 0 saturated carbocycles. The Balaban J connectivity index is 1.31. The van der Waals surface area contributed by atoms with Gasteiger partial charge in [0, 0.05) is 17.4 Å². The van der Waals surface area contributed by atoms with Crippen LogP contribution in [0.2, 0.25) is 0 Å². The summed E-state index contributed by atoms with van der Waals surface area (Å²) < 4.78 is 15.8. The molecule has 2 atom stereocenters. The first-order chi connectivity index (χ1) is 17.9. The van der Waals surface area contributed by atoms with E-state index < -0.39 is 6.09 Å². The molecule has 194 valence electrons. The lowest BCUT2D eigenvalue weighted by atomic mass is 9.88. The number of anilines is 1. The fourth-order valence-corrected chi connectivity index (χ4v) is 5.76. The number of alkyl carbamates (subject to hydrolysis) is 1. The van der Waals surface area contributed by atoms with Crippen molar-refractivity contribution in [2.45, 2.75) is 52.0 Å². The van der Waals surface area contributed by atoms with Gasteiger partial charge in [0.25, 0.3) is 0 Å². The van der Waals surface area contributed by atoms with E-state index in [1.165, 1.54) is 11.3 Å². The van der Waals surface area contributed by atoms with Crippen LogP contribution < -0.4 is 15.4 Å². The molecule has 4 rings (SSSR count). The SMILES string of the molecule is COc1cccc(C(C)CC(=O)Nc2sc3c(c2C#N)CCC(COC(=O)NCc2cc(C)no2)C3)c1. The first kappa shape index (κ1) is 26.2. The molecule has 2 N–H and O–H groups in total. The van der Waals surface area contributed by atoms with Gasteiger partial charge in [-0.3, -0.25) is 4.79 Å². The molecule has 37 heavy (non-hydrogen) atoms. The molecule has 0 spiro atoms. The number of thiophene rings is 1. The molecule has 2 unspecified atom stereocenters. The highest BCUT2D eigenvalue weighted by Gasteiger charge is 2.27. The summed E-state index contributed by atoms with van der Waals surface area (Å²) in [5.74, 6) is 1.32. The number of methoxy groups -OCH3 is 1. The number of hydrogen-bond acceptors (Lipinski definition) is 8. The molecular weight excluding hydrogens is 492 g/mol. The predicted octanol–water partition coefficient (Wildman–Crippen LogP) is 5.09. The van der Waals surface area contributed by atoms with Crippen LogP contribution in [-0.2, 0) is 28.9 Å². The summed E-state index contributed by atoms with van der Waals surface area (Å²) in [6, 6.07) is 11.7. The van der Waals surface area contributed by atoms with E-state index in [9.17, 15) is 14.9 Å². The first-order valence-electron chi connectivity index (χ1n) is 12.2. The van der Waals surface area contributed by atoms with Gasteiger partial charge in [-0.1, -0.05) is 24.2 Å². The standard InChI is InChI=1S/C27H30N4O5S/c1-16(19-5-4-6-20(12-19)34-3)9-25(32)30-26-23(13-28)22-8-7-18(11-24(22)37-26)15-35-27(33)29-14-21-10-17(2)31-36-21/h4-6,10,12,16,18H,7-9,11,14-15H2,1-3H3,(H,29,33)(H,30,32). The molecule has 1 aromatic carbocycles. The molecule has 2 aromatic heterocycles. The van der Waals surface area contributed by atoms with Crippen molar-refractivity contribution >= 4 is 28.3 Å². The van der Waals surface area contributed by atoms with E-state index in [1.807, 2.05) is 38.1 Å². The quantitative estimate of drug-likeness (QED) is 0.401. The zero-order valence-corrected chi connectivity index (χ0v) is 21.9. The molecule has 10 heteroatoms. The molecular formula is C27H30N4O5S. The average Bonchev–Trinajstić information content (AvgIpc) is 3.47. The molecule has 1 aliphatic carbocycles. The normalized spacial score (nSPS) is 15.2. The second-order valence-corrected chi connectivity index (χ2v) is 10.4. The van der Waals surface area contributed by atoms with Crippen LogP contribution in [0.4, 0.5) is 9.80 Å². The highest BCUT2D eigenvalue weighted by Crippen LogP contribution is 2.39. The van der Waals surface area contributed by atoms with Gasteiger partial charge in [-0.25, -0.2) is 4.79 Å². The zero-order chi connectivity index (χ0) is 26.4. The molecule has 2 amide bonds. The Labute approximate surface area is 219 Å². The Bertz CT molecular complexity index is 1310. The first-order valence-corrected chi connectivity index (χ1v) is 13.0. The minimum atomic E-state index is -0.512. The van der Waals surface area contributed by atoms with Crippen LogP contribution in [0.5, 0.6) is 5.75 Å². The smallest absolute Gasteiger partial charge is 0.407 e. The lowest BCUT2D eigenvalue weighted by Gasteiger charge is -2.21. The topological polar surface area (TPSA) is 126 Å². The van der Waals surface area contributed by atoms with Gasteiger partial charge < -0.3 is 24.6 Å². The average molecular weight is 523 g/mol. The van der Waals surface area contributed by atoms with Gasteiger partial charge in [0.05, 0.1) is 31.5 Å². The maximum atomic E-state index is 12.8. The number of ether oxygens (including phenoxy) is 2. The maximum absolute atomic E-state index is 12.8. The monoisotopic (exact) mass is 522 g/mol. The second kappa shape index (κ2) is 11.9. The van der Waals surface area contributed by atoms with Crippen LogP contribution in [0, 0.1) is 24.2 Å². The van der Waals surface area contributed by atoms with Gasteiger partial charge in [-0.2, -0.15) is 5.26 Å². The fraction of sp³-hybridized carbons (Fsp3) is 0.407. The minimum Gasteiger partial charge on any atom is -0.497 e. The molecule has 0 aliphatic heterocycles. The van der Waals surface area contributed by atoms with Crippen molar-refractivity contribution < 1.29 is 23.6 Å². The molecule has 0 saturated heterocycles. The lowest BCUT2D eigenvalue weighted by Crippen LogP contribution is -2.27. The van der Waals surface area contributed by atoms with Crippen LogP contribution in [0.15, 0.2) is 34.9 Å². The van der Waals surface area contributed by atoms with Crippen LogP contribution in [0.25, 0.3) is 0 Å². The molecule has 2 heterocycles. The van der Waals surface area contributed by atoms with Crippen molar-refractivity contribution in [3.8, 4) is 11.8 Å². The molecule has 3 aromatic rings. The van der Waals surface area contributed by atoms with Crippen LogP contribution >= 0.6 is 11.3 Å². The summed E-state index contributed by atoms with van der Waals surface area (Å²) in [5, 5.41) is 19.8. The van der Waals surface area contributed by atoms with E-state index in [2.05, 4.69) is 21.9 Å². The summed E-state index contributed by atoms with van der Waals surface area (Å²) >= 11 is 1.44. The predicted molar refractivity (Wildman–Crippen MR) is 139 cm³/mol. The fourth-order valence-electron chi connectivity index (χ4n) is 4.43. The Morgan fingerprint density at radius 3 is 2.92 bits per heavy atom. The van der Waals surface area contributed by atoms with E-state index in [4.69, 9.17) is 14.0 Å². The Hall–Kier alpha value is -3.84. The molecule has 0 fully saturated rings. The van der Waals surface area contributed by atoms with E-state index in [-0.39, 0.29) is 30.9 Å². The number of fused-ring (bicyclic) bond motifs is 1. The zero-order valence-electron chi connectivity index (χ0n) is 21.1. The van der Waals surface area contributed by atoms with Gasteiger partial charge >= 0.3 is 6.09 Å². The van der Waals surface area contributed by atoms with E-state index >= 15 is 0 Å². The molecule has 9 nitrogen and oxygen atoms in total. The number of benzene rings is 1. The summed E-state index contributed by atoms with van der Waals surface area (Å²) in [6.07, 6.45) is 1.98. The third kappa shape index (κ3) is 6.68. The molecule has 0 bridgehead atoms. The number of nitrogens with one attached hydrogen (secondary N) is 2. The summed E-state index contributed by atoms with van der Waals surface area (Å²) in [6.45, 7) is 4.29. The van der Waals surface area contributed by atoms with Gasteiger partial charge in [0.15, 0.2) is 5.76 Å². The Kier molecular flexibility index (Phi) is 8.46. The highest BCUT2D eigenvalue weighted by atomic mass is 32.1. The lowest BCUT2D eigenvalue weighted by molar-refractivity contribution is -0.116. The minimum absolute atomic E-state index is 0.00373. The van der Waals surface area contributed by atoms with Crippen LogP contribution in [0.1, 0.15) is 58.7 Å². The molecule has 1 aliphatic rings. The second-order valence-electron chi connectivity index (χ2n) is 9.25. The summed E-state index contributed by atoms with van der Waals surface area (Å²) in [7, 11) is 1.62. The number of aromatic nitrogens is 1. The van der Waals surface area contributed by atoms with E-state index in [0.29, 0.717) is 35.6 Å². The number of hydrogen-bond donors (Lipinski definition) is 2. The van der Waals surface area contributed by atoms with Crippen molar-refractivity contribution in [2.24, 2.45) is 5.92 Å². The summed E-state index contributed by atoms with van der Waals surface area (Å²) in [5.41, 5.74) is 3.30. The number of carbonyl (C=O) groups excluding carboxylic acids is 2. The molecule has 0 radical (unpaired) electrons. The number of carbonyl (C=O) groups is 2. The number of amides is 2. The van der Waals surface area contributed by atoms with Gasteiger partial charge in [0.2, 0.25) is 5.91 Å². The van der Waals surface area contributed by atoms with E-state index in [0.717, 1.165) is 33.9 Å². The van der Waals surface area contributed by atoms with Gasteiger partial charge in [0.1, 0.15) is 16.8 Å². The Morgan fingerprint density at radius 1 is 1.35 bits per heavy atom. The van der Waals surface area contributed by atoms with Crippen LogP contribution in [0.3, 0.4) is 0 Å². The number of rotatable bonds is 9.